The van der Waals surface area contributed by atoms with E-state index in [1.54, 1.807) is 13.2 Å². The highest BCUT2D eigenvalue weighted by Crippen LogP contribution is 2.22. The van der Waals surface area contributed by atoms with Gasteiger partial charge in [0.15, 0.2) is 5.82 Å². The number of para-hydroxylation sites is 1. The standard InChI is InChI=1S/C22H18BrN3O2/c1-28-17-12-10-15(11-13-17)21-25-20-9-5-3-7-18(20)22(27)26(21)24-14-16-6-2-4-8-19(16)23/h2-13,24H,14H2,1H3. The van der Waals surface area contributed by atoms with Gasteiger partial charge >= 0.3 is 0 Å². The van der Waals surface area contributed by atoms with Crippen molar-refractivity contribution < 1.29 is 4.74 Å². The van der Waals surface area contributed by atoms with Crippen LogP contribution < -0.4 is 15.7 Å². The molecule has 140 valence electrons. The number of hydrogen-bond donors (Lipinski definition) is 1. The normalized spacial score (nSPS) is 10.8. The highest BCUT2D eigenvalue weighted by atomic mass is 79.9. The van der Waals surface area contributed by atoms with Crippen LogP contribution in [0.2, 0.25) is 0 Å². The number of fused-ring (bicyclic) bond motifs is 1. The van der Waals surface area contributed by atoms with Crippen molar-refractivity contribution >= 4 is 26.8 Å². The molecule has 3 aromatic carbocycles. The maximum Gasteiger partial charge on any atom is 0.280 e. The zero-order chi connectivity index (χ0) is 19.5. The van der Waals surface area contributed by atoms with E-state index in [4.69, 9.17) is 9.72 Å². The second-order valence-corrected chi connectivity index (χ2v) is 7.10. The predicted octanol–water partition coefficient (Wildman–Crippen LogP) is 4.58. The van der Waals surface area contributed by atoms with Gasteiger partial charge in [-0.3, -0.25) is 4.79 Å². The summed E-state index contributed by atoms with van der Waals surface area (Å²) in [6.45, 7) is 0.477. The second-order valence-electron chi connectivity index (χ2n) is 6.25. The summed E-state index contributed by atoms with van der Waals surface area (Å²) in [5.74, 6) is 1.30. The fourth-order valence-corrected chi connectivity index (χ4v) is 3.44. The molecule has 1 N–H and O–H groups in total. The van der Waals surface area contributed by atoms with Crippen LogP contribution in [0, 0.1) is 0 Å². The van der Waals surface area contributed by atoms with Crippen molar-refractivity contribution in [1.29, 1.82) is 0 Å². The molecule has 0 amide bonds. The molecule has 0 unspecified atom stereocenters. The van der Waals surface area contributed by atoms with E-state index in [1.807, 2.05) is 66.7 Å². The molecule has 4 rings (SSSR count). The molecule has 0 aliphatic heterocycles. The Balaban J connectivity index is 1.83. The molecule has 0 radical (unpaired) electrons. The average Bonchev–Trinajstić information content (AvgIpc) is 2.74. The van der Waals surface area contributed by atoms with Crippen LogP contribution in [0.3, 0.4) is 0 Å². The number of nitrogens with zero attached hydrogens (tertiary/aromatic N) is 2. The molecule has 1 heterocycles. The van der Waals surface area contributed by atoms with Gasteiger partial charge in [0, 0.05) is 10.0 Å². The van der Waals surface area contributed by atoms with Crippen LogP contribution in [0.5, 0.6) is 5.75 Å². The van der Waals surface area contributed by atoms with E-state index in [0.717, 1.165) is 21.3 Å². The van der Waals surface area contributed by atoms with Crippen LogP contribution in [0.4, 0.5) is 0 Å². The molecular formula is C22H18BrN3O2. The number of methoxy groups -OCH3 is 1. The smallest absolute Gasteiger partial charge is 0.280 e. The number of rotatable bonds is 5. The van der Waals surface area contributed by atoms with Crippen molar-refractivity contribution in [3.63, 3.8) is 0 Å². The Labute approximate surface area is 170 Å². The molecule has 0 aliphatic rings. The Morgan fingerprint density at radius 1 is 1.00 bits per heavy atom. The summed E-state index contributed by atoms with van der Waals surface area (Å²) in [4.78, 5) is 17.9. The number of hydrogen-bond acceptors (Lipinski definition) is 4. The summed E-state index contributed by atoms with van der Waals surface area (Å²) in [5.41, 5.74) is 5.63. The van der Waals surface area contributed by atoms with Crippen LogP contribution in [-0.4, -0.2) is 16.8 Å². The van der Waals surface area contributed by atoms with E-state index in [2.05, 4.69) is 21.4 Å². The average molecular weight is 436 g/mol. The second kappa shape index (κ2) is 7.86. The van der Waals surface area contributed by atoms with Crippen LogP contribution in [0.1, 0.15) is 5.56 Å². The zero-order valence-corrected chi connectivity index (χ0v) is 16.8. The third-order valence-electron chi connectivity index (χ3n) is 4.51. The Bertz CT molecular complexity index is 1190. The molecule has 6 heteroatoms. The summed E-state index contributed by atoms with van der Waals surface area (Å²) in [6, 6.07) is 22.8. The van der Waals surface area contributed by atoms with E-state index in [0.29, 0.717) is 23.3 Å². The molecule has 4 aromatic rings. The first-order valence-electron chi connectivity index (χ1n) is 8.81. The van der Waals surface area contributed by atoms with Crippen LogP contribution in [-0.2, 0) is 6.54 Å². The fourth-order valence-electron chi connectivity index (χ4n) is 3.02. The first-order valence-corrected chi connectivity index (χ1v) is 9.60. The third-order valence-corrected chi connectivity index (χ3v) is 5.28. The summed E-state index contributed by atoms with van der Waals surface area (Å²) < 4.78 is 7.74. The number of aromatic nitrogens is 2. The van der Waals surface area contributed by atoms with E-state index in [1.165, 1.54) is 4.68 Å². The van der Waals surface area contributed by atoms with E-state index < -0.39 is 0 Å². The van der Waals surface area contributed by atoms with Crippen molar-refractivity contribution in [2.45, 2.75) is 6.54 Å². The van der Waals surface area contributed by atoms with E-state index in [9.17, 15) is 4.79 Å². The van der Waals surface area contributed by atoms with Gasteiger partial charge in [0.1, 0.15) is 5.75 Å². The van der Waals surface area contributed by atoms with Gasteiger partial charge in [-0.15, -0.1) is 0 Å². The lowest BCUT2D eigenvalue weighted by molar-refractivity contribution is 0.415. The van der Waals surface area contributed by atoms with E-state index in [-0.39, 0.29) is 5.56 Å². The topological polar surface area (TPSA) is 56.1 Å². The lowest BCUT2D eigenvalue weighted by atomic mass is 10.2. The minimum absolute atomic E-state index is 0.136. The molecule has 0 atom stereocenters. The number of ether oxygens (including phenoxy) is 1. The van der Waals surface area contributed by atoms with Gasteiger partial charge in [0.05, 0.1) is 24.6 Å². The molecule has 0 saturated carbocycles. The van der Waals surface area contributed by atoms with Crippen LogP contribution in [0.15, 0.2) is 82.1 Å². The summed E-state index contributed by atoms with van der Waals surface area (Å²) in [6.07, 6.45) is 0. The Kier molecular flexibility index (Phi) is 5.12. The van der Waals surface area contributed by atoms with Crippen molar-refractivity contribution in [2.75, 3.05) is 12.5 Å². The molecule has 28 heavy (non-hydrogen) atoms. The Morgan fingerprint density at radius 2 is 1.71 bits per heavy atom. The number of halogens is 1. The quantitative estimate of drug-likeness (QED) is 0.498. The maximum atomic E-state index is 13.2. The van der Waals surface area contributed by atoms with Crippen molar-refractivity contribution in [3.8, 4) is 17.1 Å². The van der Waals surface area contributed by atoms with Crippen LogP contribution in [0.25, 0.3) is 22.3 Å². The van der Waals surface area contributed by atoms with Crippen LogP contribution >= 0.6 is 15.9 Å². The SMILES string of the molecule is COc1ccc(-c2nc3ccccc3c(=O)n2NCc2ccccc2Br)cc1. The minimum atomic E-state index is -0.136. The molecule has 0 saturated heterocycles. The van der Waals surface area contributed by atoms with Gasteiger partial charge in [-0.05, 0) is 48.0 Å². The molecular weight excluding hydrogens is 418 g/mol. The van der Waals surface area contributed by atoms with Gasteiger partial charge in [0.25, 0.3) is 5.56 Å². The number of benzene rings is 3. The first-order chi connectivity index (χ1) is 13.7. The lowest BCUT2D eigenvalue weighted by Gasteiger charge is -2.16. The highest BCUT2D eigenvalue weighted by molar-refractivity contribution is 9.10. The van der Waals surface area contributed by atoms with Gasteiger partial charge in [0.2, 0.25) is 0 Å². The third kappa shape index (κ3) is 3.51. The summed E-state index contributed by atoms with van der Waals surface area (Å²) >= 11 is 3.55. The molecule has 0 bridgehead atoms. The number of nitrogens with one attached hydrogen (secondary N) is 1. The molecule has 5 nitrogen and oxygen atoms in total. The van der Waals surface area contributed by atoms with Crippen molar-refractivity contribution in [1.82, 2.24) is 9.66 Å². The maximum absolute atomic E-state index is 13.2. The summed E-state index contributed by atoms with van der Waals surface area (Å²) in [5, 5.41) is 0.569. The first kappa shape index (κ1) is 18.3. The lowest BCUT2D eigenvalue weighted by Crippen LogP contribution is -2.31. The van der Waals surface area contributed by atoms with Gasteiger partial charge in [-0.25, -0.2) is 9.66 Å². The molecule has 1 aromatic heterocycles. The Hall–Kier alpha value is -3.12. The monoisotopic (exact) mass is 435 g/mol. The van der Waals surface area contributed by atoms with E-state index >= 15 is 0 Å². The zero-order valence-electron chi connectivity index (χ0n) is 15.2. The predicted molar refractivity (Wildman–Crippen MR) is 115 cm³/mol. The highest BCUT2D eigenvalue weighted by Gasteiger charge is 2.13. The van der Waals surface area contributed by atoms with Gasteiger partial charge in [-0.2, -0.15) is 0 Å². The van der Waals surface area contributed by atoms with Crippen molar-refractivity contribution in [2.24, 2.45) is 0 Å². The fraction of sp³-hybridized carbons (Fsp3) is 0.0909. The molecule has 0 spiro atoms. The minimum Gasteiger partial charge on any atom is -0.497 e. The van der Waals surface area contributed by atoms with Gasteiger partial charge < -0.3 is 10.2 Å². The largest absolute Gasteiger partial charge is 0.497 e. The Morgan fingerprint density at radius 3 is 2.46 bits per heavy atom. The summed E-state index contributed by atoms with van der Waals surface area (Å²) in [7, 11) is 1.62. The molecule has 0 aliphatic carbocycles. The van der Waals surface area contributed by atoms with Crippen molar-refractivity contribution in [3.05, 3.63) is 93.2 Å². The molecule has 0 fully saturated rings. The van der Waals surface area contributed by atoms with Gasteiger partial charge in [-0.1, -0.05) is 46.3 Å².